The Labute approximate surface area is 87.7 Å². The molecule has 0 aliphatic heterocycles. The minimum Gasteiger partial charge on any atom is -0.480 e. The predicted octanol–water partition coefficient (Wildman–Crippen LogP) is 1.98. The van der Waals surface area contributed by atoms with E-state index in [0.29, 0.717) is 11.1 Å². The van der Waals surface area contributed by atoms with Crippen LogP contribution >= 0.6 is 0 Å². The first-order valence-electron chi connectivity index (χ1n) is 4.60. The Morgan fingerprint density at radius 3 is 2.47 bits per heavy atom. The molecule has 4 heteroatoms. The van der Waals surface area contributed by atoms with Crippen LogP contribution in [-0.2, 0) is 10.5 Å². The normalized spacial score (nSPS) is 13.6. The summed E-state index contributed by atoms with van der Waals surface area (Å²) in [5.41, 5.74) is 4.51. The smallest absolute Gasteiger partial charge is 0.325 e. The number of halogens is 1. The van der Waals surface area contributed by atoms with E-state index in [0.717, 1.165) is 0 Å². The van der Waals surface area contributed by atoms with Crippen molar-refractivity contribution in [3.63, 3.8) is 0 Å². The first-order chi connectivity index (χ1) is 6.84. The zero-order valence-corrected chi connectivity index (χ0v) is 8.70. The molecule has 0 radical (unpaired) electrons. The zero-order valence-electron chi connectivity index (χ0n) is 8.70. The van der Waals surface area contributed by atoms with Crippen molar-refractivity contribution in [2.75, 3.05) is 0 Å². The van der Waals surface area contributed by atoms with Crippen LogP contribution in [0.2, 0.25) is 0 Å². The average molecular weight is 211 g/mol. The second-order valence-corrected chi connectivity index (χ2v) is 3.88. The number of aliphatic carboxylic acids is 1. The van der Waals surface area contributed by atoms with Crippen molar-refractivity contribution in [2.45, 2.75) is 25.6 Å². The van der Waals surface area contributed by atoms with Crippen molar-refractivity contribution >= 4 is 5.97 Å². The highest BCUT2D eigenvalue weighted by atomic mass is 19.1. The number of hydrogen-bond acceptors (Lipinski definition) is 2. The number of nitrogens with two attached hydrogens (primary N) is 1. The van der Waals surface area contributed by atoms with E-state index in [2.05, 4.69) is 0 Å². The Bertz CT molecular complexity index is 371. The highest BCUT2D eigenvalue weighted by Crippen LogP contribution is 2.30. The molecule has 1 unspecified atom stereocenters. The van der Waals surface area contributed by atoms with E-state index < -0.39 is 17.7 Å². The molecule has 1 aromatic carbocycles. The molecule has 3 N–H and O–H groups in total. The molecule has 0 heterocycles. The van der Waals surface area contributed by atoms with Crippen LogP contribution in [0.1, 0.15) is 31.0 Å². The molecule has 1 aromatic rings. The number of alkyl halides is 1. The van der Waals surface area contributed by atoms with Crippen molar-refractivity contribution in [1.29, 1.82) is 0 Å². The van der Waals surface area contributed by atoms with Gasteiger partial charge in [-0.25, -0.2) is 4.39 Å². The van der Waals surface area contributed by atoms with Gasteiger partial charge in [-0.15, -0.1) is 0 Å². The van der Waals surface area contributed by atoms with Crippen LogP contribution in [0, 0.1) is 0 Å². The van der Waals surface area contributed by atoms with Gasteiger partial charge in [-0.1, -0.05) is 24.3 Å². The quantitative estimate of drug-likeness (QED) is 0.803. The first-order valence-corrected chi connectivity index (χ1v) is 4.60. The SMILES string of the molecule is CC(C)(F)c1ccccc1C(N)C(=O)O. The molecule has 1 atom stereocenters. The summed E-state index contributed by atoms with van der Waals surface area (Å²) >= 11 is 0. The molecule has 0 saturated carbocycles. The lowest BCUT2D eigenvalue weighted by Gasteiger charge is -2.20. The van der Waals surface area contributed by atoms with Gasteiger partial charge in [-0.3, -0.25) is 4.79 Å². The van der Waals surface area contributed by atoms with Crippen LogP contribution in [0.3, 0.4) is 0 Å². The molecule has 0 saturated heterocycles. The number of hydrogen-bond donors (Lipinski definition) is 2. The topological polar surface area (TPSA) is 63.3 Å². The molecule has 0 amide bonds. The molecule has 1 rings (SSSR count). The van der Waals surface area contributed by atoms with Gasteiger partial charge in [0.1, 0.15) is 11.7 Å². The fourth-order valence-electron chi connectivity index (χ4n) is 1.44. The number of carboxylic acid groups (broad SMARTS) is 1. The van der Waals surface area contributed by atoms with Crippen LogP contribution in [0.25, 0.3) is 0 Å². The second-order valence-electron chi connectivity index (χ2n) is 3.88. The summed E-state index contributed by atoms with van der Waals surface area (Å²) in [6.07, 6.45) is 0. The largest absolute Gasteiger partial charge is 0.480 e. The standard InChI is InChI=1S/C11H14FNO2/c1-11(2,12)8-6-4-3-5-7(8)9(13)10(14)15/h3-6,9H,13H2,1-2H3,(H,14,15). The minimum absolute atomic E-state index is 0.317. The summed E-state index contributed by atoms with van der Waals surface area (Å²) in [5.74, 6) is -1.16. The average Bonchev–Trinajstić information content (AvgIpc) is 2.15. The summed E-state index contributed by atoms with van der Waals surface area (Å²) in [6.45, 7) is 2.75. The Morgan fingerprint density at radius 1 is 1.47 bits per heavy atom. The highest BCUT2D eigenvalue weighted by Gasteiger charge is 2.26. The Balaban J connectivity index is 3.24. The summed E-state index contributed by atoms with van der Waals surface area (Å²) in [7, 11) is 0. The van der Waals surface area contributed by atoms with E-state index in [4.69, 9.17) is 10.8 Å². The fraction of sp³-hybridized carbons (Fsp3) is 0.364. The number of rotatable bonds is 3. The molecular formula is C11H14FNO2. The van der Waals surface area contributed by atoms with Crippen LogP contribution < -0.4 is 5.73 Å². The van der Waals surface area contributed by atoms with Crippen molar-refractivity contribution in [2.24, 2.45) is 5.73 Å². The third kappa shape index (κ3) is 2.53. The van der Waals surface area contributed by atoms with Gasteiger partial charge in [0, 0.05) is 0 Å². The summed E-state index contributed by atoms with van der Waals surface area (Å²) < 4.78 is 13.8. The third-order valence-corrected chi connectivity index (χ3v) is 2.20. The van der Waals surface area contributed by atoms with E-state index >= 15 is 0 Å². The van der Waals surface area contributed by atoms with E-state index in [9.17, 15) is 9.18 Å². The molecule has 0 aromatic heterocycles. The summed E-state index contributed by atoms with van der Waals surface area (Å²) in [6, 6.07) is 5.21. The third-order valence-electron chi connectivity index (χ3n) is 2.20. The van der Waals surface area contributed by atoms with E-state index in [1.165, 1.54) is 19.9 Å². The Morgan fingerprint density at radius 2 is 2.00 bits per heavy atom. The van der Waals surface area contributed by atoms with Gasteiger partial charge in [-0.05, 0) is 25.0 Å². The van der Waals surface area contributed by atoms with Crippen LogP contribution in [-0.4, -0.2) is 11.1 Å². The minimum atomic E-state index is -1.59. The van der Waals surface area contributed by atoms with Crippen molar-refractivity contribution in [1.82, 2.24) is 0 Å². The lowest BCUT2D eigenvalue weighted by Crippen LogP contribution is -2.25. The molecule has 15 heavy (non-hydrogen) atoms. The molecule has 82 valence electrons. The van der Waals surface area contributed by atoms with E-state index in [-0.39, 0.29) is 0 Å². The van der Waals surface area contributed by atoms with Crippen molar-refractivity contribution in [3.8, 4) is 0 Å². The Kier molecular flexibility index (Phi) is 3.09. The van der Waals surface area contributed by atoms with Gasteiger partial charge >= 0.3 is 5.97 Å². The summed E-state index contributed by atoms with van der Waals surface area (Å²) in [4.78, 5) is 10.7. The molecular weight excluding hydrogens is 197 g/mol. The lowest BCUT2D eigenvalue weighted by atomic mass is 9.91. The number of carbonyl (C=O) groups is 1. The van der Waals surface area contributed by atoms with Gasteiger partial charge in [0.15, 0.2) is 0 Å². The second kappa shape index (κ2) is 3.98. The number of carboxylic acids is 1. The maximum absolute atomic E-state index is 13.8. The molecule has 0 fully saturated rings. The zero-order chi connectivity index (χ0) is 11.6. The number of benzene rings is 1. The van der Waals surface area contributed by atoms with Gasteiger partial charge in [0.2, 0.25) is 0 Å². The molecule has 0 bridgehead atoms. The van der Waals surface area contributed by atoms with Gasteiger partial charge in [0.25, 0.3) is 0 Å². The lowest BCUT2D eigenvalue weighted by molar-refractivity contribution is -0.138. The summed E-state index contributed by atoms with van der Waals surface area (Å²) in [5, 5.41) is 8.78. The van der Waals surface area contributed by atoms with Crippen LogP contribution in [0.4, 0.5) is 4.39 Å². The van der Waals surface area contributed by atoms with Crippen molar-refractivity contribution in [3.05, 3.63) is 35.4 Å². The van der Waals surface area contributed by atoms with E-state index in [1.807, 2.05) is 0 Å². The van der Waals surface area contributed by atoms with Crippen molar-refractivity contribution < 1.29 is 14.3 Å². The Hall–Kier alpha value is -1.42. The predicted molar refractivity (Wildman–Crippen MR) is 55.1 cm³/mol. The molecule has 0 aliphatic carbocycles. The van der Waals surface area contributed by atoms with Gasteiger partial charge < -0.3 is 10.8 Å². The van der Waals surface area contributed by atoms with Crippen LogP contribution in [0.15, 0.2) is 24.3 Å². The maximum atomic E-state index is 13.8. The monoisotopic (exact) mass is 211 g/mol. The maximum Gasteiger partial charge on any atom is 0.325 e. The van der Waals surface area contributed by atoms with Gasteiger partial charge in [0.05, 0.1) is 0 Å². The molecule has 0 spiro atoms. The fourth-order valence-corrected chi connectivity index (χ4v) is 1.44. The first kappa shape index (κ1) is 11.7. The van der Waals surface area contributed by atoms with E-state index in [1.54, 1.807) is 18.2 Å². The molecule has 0 aliphatic rings. The van der Waals surface area contributed by atoms with Gasteiger partial charge in [-0.2, -0.15) is 0 Å². The van der Waals surface area contributed by atoms with Crippen LogP contribution in [0.5, 0.6) is 0 Å². The highest BCUT2D eigenvalue weighted by molar-refractivity contribution is 5.75. The molecule has 3 nitrogen and oxygen atoms in total.